The second-order valence-corrected chi connectivity index (χ2v) is 7.28. The maximum atomic E-state index is 12.6. The van der Waals surface area contributed by atoms with Crippen LogP contribution in [0.25, 0.3) is 10.8 Å². The van der Waals surface area contributed by atoms with Crippen LogP contribution in [0.5, 0.6) is 0 Å². The minimum absolute atomic E-state index is 0.186. The lowest BCUT2D eigenvalue weighted by Crippen LogP contribution is -2.56. The monoisotopic (exact) mass is 343 g/mol. The van der Waals surface area contributed by atoms with Gasteiger partial charge in [0.2, 0.25) is 5.91 Å². The van der Waals surface area contributed by atoms with Crippen LogP contribution >= 0.6 is 11.3 Å². The second-order valence-electron chi connectivity index (χ2n) is 6.42. The second kappa shape index (κ2) is 6.94. The molecule has 1 amide bonds. The number of aromatic nitrogens is 3. The Balaban J connectivity index is 1.39. The van der Waals surface area contributed by atoms with E-state index in [0.29, 0.717) is 18.3 Å². The summed E-state index contributed by atoms with van der Waals surface area (Å²) in [6, 6.07) is 2.34. The smallest absolute Gasteiger partial charge is 0.228 e. The van der Waals surface area contributed by atoms with Crippen molar-refractivity contribution in [2.75, 3.05) is 26.2 Å². The molecule has 2 fully saturated rings. The first-order chi connectivity index (χ1) is 11.8. The zero-order chi connectivity index (χ0) is 16.4. The zero-order valence-corrected chi connectivity index (χ0v) is 14.4. The largest absolute Gasteiger partial charge is 0.340 e. The highest BCUT2D eigenvalue weighted by molar-refractivity contribution is 7.13. The third kappa shape index (κ3) is 3.32. The molecule has 0 spiro atoms. The van der Waals surface area contributed by atoms with Crippen LogP contribution in [0, 0.1) is 0 Å². The van der Waals surface area contributed by atoms with E-state index in [1.165, 1.54) is 37.1 Å². The number of hydrogen-bond donors (Lipinski definition) is 0. The van der Waals surface area contributed by atoms with Crippen molar-refractivity contribution in [2.45, 2.75) is 31.7 Å². The summed E-state index contributed by atoms with van der Waals surface area (Å²) in [6.45, 7) is 3.92. The molecule has 4 rings (SSSR count). The van der Waals surface area contributed by atoms with Gasteiger partial charge in [0.1, 0.15) is 0 Å². The molecule has 0 aliphatic carbocycles. The van der Waals surface area contributed by atoms with Crippen LogP contribution in [-0.4, -0.2) is 62.9 Å². The minimum atomic E-state index is 0.186. The van der Waals surface area contributed by atoms with Gasteiger partial charge in [0, 0.05) is 43.4 Å². The van der Waals surface area contributed by atoms with E-state index in [9.17, 15) is 4.79 Å². The minimum Gasteiger partial charge on any atom is -0.340 e. The van der Waals surface area contributed by atoms with Gasteiger partial charge in [-0.25, -0.2) is 15.0 Å². The van der Waals surface area contributed by atoms with E-state index in [0.717, 1.165) is 30.3 Å². The Morgan fingerprint density at radius 3 is 2.96 bits per heavy atom. The number of rotatable bonds is 3. The van der Waals surface area contributed by atoms with Crippen molar-refractivity contribution in [3.63, 3.8) is 0 Å². The summed E-state index contributed by atoms with van der Waals surface area (Å²) in [4.78, 5) is 30.1. The van der Waals surface area contributed by atoms with Gasteiger partial charge in [0.15, 0.2) is 10.8 Å². The summed E-state index contributed by atoms with van der Waals surface area (Å²) >= 11 is 1.49. The molecule has 1 atom stereocenters. The fourth-order valence-electron chi connectivity index (χ4n) is 3.55. The Morgan fingerprint density at radius 2 is 2.08 bits per heavy atom. The number of carbonyl (C=O) groups is 1. The lowest BCUT2D eigenvalue weighted by atomic mass is 9.99. The van der Waals surface area contributed by atoms with Crippen LogP contribution in [0.15, 0.2) is 23.8 Å². The Morgan fingerprint density at radius 1 is 1.21 bits per heavy atom. The molecule has 0 radical (unpaired) electrons. The molecular weight excluding hydrogens is 322 g/mol. The molecule has 2 saturated heterocycles. The van der Waals surface area contributed by atoms with Crippen molar-refractivity contribution in [2.24, 2.45) is 0 Å². The fourth-order valence-corrected chi connectivity index (χ4v) is 4.31. The lowest BCUT2D eigenvalue weighted by molar-refractivity contribution is -0.134. The number of hydrogen-bond acceptors (Lipinski definition) is 6. The Hall–Kier alpha value is -1.86. The molecule has 2 aliphatic heterocycles. The lowest BCUT2D eigenvalue weighted by Gasteiger charge is -2.44. The highest BCUT2D eigenvalue weighted by atomic mass is 32.1. The average Bonchev–Trinajstić information content (AvgIpc) is 3.10. The van der Waals surface area contributed by atoms with Crippen LogP contribution in [0.4, 0.5) is 0 Å². The van der Waals surface area contributed by atoms with E-state index >= 15 is 0 Å². The van der Waals surface area contributed by atoms with E-state index in [2.05, 4.69) is 19.9 Å². The predicted molar refractivity (Wildman–Crippen MR) is 92.6 cm³/mol. The van der Waals surface area contributed by atoms with Crippen molar-refractivity contribution < 1.29 is 4.79 Å². The van der Waals surface area contributed by atoms with E-state index < -0.39 is 0 Å². The third-order valence-electron chi connectivity index (χ3n) is 4.83. The molecule has 6 nitrogen and oxygen atoms in total. The fraction of sp³-hybridized carbons (Fsp3) is 0.529. The van der Waals surface area contributed by atoms with E-state index in [-0.39, 0.29) is 5.91 Å². The molecule has 0 aromatic carbocycles. The van der Waals surface area contributed by atoms with Crippen LogP contribution in [-0.2, 0) is 11.2 Å². The average molecular weight is 343 g/mol. The molecule has 0 unspecified atom stereocenters. The van der Waals surface area contributed by atoms with Crippen molar-refractivity contribution in [1.29, 1.82) is 0 Å². The van der Waals surface area contributed by atoms with Crippen molar-refractivity contribution in [3.05, 3.63) is 29.5 Å². The van der Waals surface area contributed by atoms with Gasteiger partial charge in [-0.1, -0.05) is 6.42 Å². The summed E-state index contributed by atoms with van der Waals surface area (Å²) < 4.78 is 0. The molecule has 2 aromatic rings. The van der Waals surface area contributed by atoms with Gasteiger partial charge >= 0.3 is 0 Å². The van der Waals surface area contributed by atoms with E-state index in [1.54, 1.807) is 18.5 Å². The quantitative estimate of drug-likeness (QED) is 0.851. The standard InChI is InChI=1S/C17H21N5OS/c23-15(22-9-8-21-7-2-1-4-14(21)11-22)10-13-12-24-17(20-13)16-18-5-3-6-19-16/h3,5-6,12,14H,1-2,4,7-11H2/t14-/m1/s1. The molecule has 2 aliphatic rings. The van der Waals surface area contributed by atoms with Gasteiger partial charge < -0.3 is 4.90 Å². The molecule has 7 heteroatoms. The zero-order valence-electron chi connectivity index (χ0n) is 13.6. The SMILES string of the molecule is O=C(Cc1csc(-c2ncccn2)n1)N1CCN2CCCC[C@@H]2C1. The summed E-state index contributed by atoms with van der Waals surface area (Å²) in [5.74, 6) is 0.808. The van der Waals surface area contributed by atoms with Crippen LogP contribution < -0.4 is 0 Å². The molecule has 24 heavy (non-hydrogen) atoms. The summed E-state index contributed by atoms with van der Waals surface area (Å²) in [6.07, 6.45) is 7.59. The van der Waals surface area contributed by atoms with Crippen LogP contribution in [0.3, 0.4) is 0 Å². The van der Waals surface area contributed by atoms with Gasteiger partial charge in [-0.3, -0.25) is 9.69 Å². The first kappa shape index (κ1) is 15.7. The summed E-state index contributed by atoms with van der Waals surface area (Å²) in [5, 5.41) is 2.72. The van der Waals surface area contributed by atoms with Gasteiger partial charge in [0.25, 0.3) is 0 Å². The van der Waals surface area contributed by atoms with Crippen LogP contribution in [0.2, 0.25) is 0 Å². The normalized spacial score (nSPS) is 21.5. The van der Waals surface area contributed by atoms with Crippen LogP contribution in [0.1, 0.15) is 25.0 Å². The number of thiazole rings is 1. The highest BCUT2D eigenvalue weighted by Crippen LogP contribution is 2.23. The Labute approximate surface area is 145 Å². The highest BCUT2D eigenvalue weighted by Gasteiger charge is 2.31. The number of carbonyl (C=O) groups excluding carboxylic acids is 1. The van der Waals surface area contributed by atoms with E-state index in [4.69, 9.17) is 0 Å². The van der Waals surface area contributed by atoms with Crippen molar-refractivity contribution >= 4 is 17.2 Å². The molecular formula is C17H21N5OS. The number of fused-ring (bicyclic) bond motifs is 1. The van der Waals surface area contributed by atoms with Gasteiger partial charge in [-0.15, -0.1) is 11.3 Å². The number of piperazine rings is 1. The molecule has 126 valence electrons. The Bertz CT molecular complexity index is 704. The van der Waals surface area contributed by atoms with E-state index in [1.807, 2.05) is 10.3 Å². The maximum absolute atomic E-state index is 12.6. The molecule has 0 saturated carbocycles. The number of piperidine rings is 1. The van der Waals surface area contributed by atoms with Crippen molar-refractivity contribution in [1.82, 2.24) is 24.8 Å². The Kier molecular flexibility index (Phi) is 4.53. The molecule has 0 N–H and O–H groups in total. The van der Waals surface area contributed by atoms with Crippen molar-refractivity contribution in [3.8, 4) is 10.8 Å². The number of amides is 1. The predicted octanol–water partition coefficient (Wildman–Crippen LogP) is 1.84. The number of nitrogens with zero attached hydrogens (tertiary/aromatic N) is 5. The van der Waals surface area contributed by atoms with Gasteiger partial charge in [0.05, 0.1) is 12.1 Å². The first-order valence-electron chi connectivity index (χ1n) is 8.53. The summed E-state index contributed by atoms with van der Waals surface area (Å²) in [5.41, 5.74) is 0.818. The molecule has 4 heterocycles. The maximum Gasteiger partial charge on any atom is 0.228 e. The first-order valence-corrected chi connectivity index (χ1v) is 9.41. The summed E-state index contributed by atoms with van der Waals surface area (Å²) in [7, 11) is 0. The van der Waals surface area contributed by atoms with Gasteiger partial charge in [-0.05, 0) is 25.5 Å². The third-order valence-corrected chi connectivity index (χ3v) is 5.72. The topological polar surface area (TPSA) is 62.2 Å². The molecule has 2 aromatic heterocycles. The molecule has 0 bridgehead atoms. The van der Waals surface area contributed by atoms with Gasteiger partial charge in [-0.2, -0.15) is 0 Å².